The molecule has 3 aromatic rings. The van der Waals surface area contributed by atoms with Crippen molar-refractivity contribution in [3.05, 3.63) is 106 Å². The van der Waals surface area contributed by atoms with Crippen LogP contribution in [0.3, 0.4) is 0 Å². The second-order valence-corrected chi connectivity index (χ2v) is 10.0. The lowest BCUT2D eigenvalue weighted by Crippen LogP contribution is -2.44. The highest BCUT2D eigenvalue weighted by atomic mass is 79.9. The monoisotopic (exact) mass is 474 g/mol. The second-order valence-electron chi connectivity index (χ2n) is 9.13. The van der Waals surface area contributed by atoms with Crippen LogP contribution in [0.15, 0.2) is 89.4 Å². The molecule has 2 nitrogen and oxygen atoms in total. The topological polar surface area (TPSA) is 6.48 Å². The molecule has 2 aliphatic heterocycles. The fraction of sp³-hybridized carbons (Fsp3) is 0.357. The van der Waals surface area contributed by atoms with Gasteiger partial charge in [0.2, 0.25) is 0 Å². The number of rotatable bonds is 5. The van der Waals surface area contributed by atoms with Gasteiger partial charge in [0.25, 0.3) is 0 Å². The highest BCUT2D eigenvalue weighted by molar-refractivity contribution is 9.10. The molecule has 5 rings (SSSR count). The molecular formula is C28H31BrN2. The minimum absolute atomic E-state index is 0.564. The summed E-state index contributed by atoms with van der Waals surface area (Å²) < 4.78 is 1.19. The number of benzene rings is 3. The van der Waals surface area contributed by atoms with Crippen LogP contribution in [0.1, 0.15) is 41.4 Å². The van der Waals surface area contributed by atoms with Crippen molar-refractivity contribution in [2.45, 2.75) is 37.3 Å². The molecule has 0 amide bonds. The van der Waals surface area contributed by atoms with Gasteiger partial charge in [-0.05, 0) is 60.7 Å². The third-order valence-corrected chi connectivity index (χ3v) is 7.65. The lowest BCUT2D eigenvalue weighted by Gasteiger charge is -2.38. The zero-order valence-corrected chi connectivity index (χ0v) is 19.6. The summed E-state index contributed by atoms with van der Waals surface area (Å²) in [6, 6.07) is 31.6. The minimum Gasteiger partial charge on any atom is -0.298 e. The molecule has 2 fully saturated rings. The normalized spacial score (nSPS) is 23.3. The van der Waals surface area contributed by atoms with Gasteiger partial charge in [0.05, 0.1) is 0 Å². The first-order valence-corrected chi connectivity index (χ1v) is 12.4. The van der Waals surface area contributed by atoms with Crippen molar-refractivity contribution in [2.24, 2.45) is 0 Å². The third kappa shape index (κ3) is 4.95. The lowest BCUT2D eigenvalue weighted by atomic mass is 9.87. The van der Waals surface area contributed by atoms with Crippen molar-refractivity contribution in [2.75, 3.05) is 26.2 Å². The number of hydrogen-bond acceptors (Lipinski definition) is 2. The fourth-order valence-electron chi connectivity index (χ4n) is 5.56. The maximum Gasteiger partial charge on any atom is 0.0304 e. The van der Waals surface area contributed by atoms with Crippen molar-refractivity contribution in [1.82, 2.24) is 9.80 Å². The molecule has 0 unspecified atom stereocenters. The van der Waals surface area contributed by atoms with E-state index < -0.39 is 0 Å². The van der Waals surface area contributed by atoms with Crippen molar-refractivity contribution >= 4 is 15.9 Å². The van der Waals surface area contributed by atoms with Crippen molar-refractivity contribution in [3.63, 3.8) is 0 Å². The van der Waals surface area contributed by atoms with E-state index in [2.05, 4.69) is 111 Å². The van der Waals surface area contributed by atoms with Gasteiger partial charge >= 0.3 is 0 Å². The van der Waals surface area contributed by atoms with Crippen LogP contribution in [-0.2, 0) is 6.54 Å². The number of likely N-dealkylation sites (tertiary alicyclic amines) is 2. The van der Waals surface area contributed by atoms with E-state index >= 15 is 0 Å². The fourth-order valence-corrected chi connectivity index (χ4v) is 5.98. The average molecular weight is 475 g/mol. The summed E-state index contributed by atoms with van der Waals surface area (Å²) in [7, 11) is 0. The molecule has 160 valence electrons. The molecule has 2 aliphatic rings. The molecule has 0 spiro atoms. The molecule has 0 N–H and O–H groups in total. The molecule has 3 aromatic carbocycles. The third-order valence-electron chi connectivity index (χ3n) is 7.16. The Kier molecular flexibility index (Phi) is 6.54. The zero-order valence-electron chi connectivity index (χ0n) is 18.0. The maximum atomic E-state index is 3.70. The van der Waals surface area contributed by atoms with Gasteiger partial charge < -0.3 is 0 Å². The Morgan fingerprint density at radius 1 is 0.742 bits per heavy atom. The Morgan fingerprint density at radius 3 is 2.13 bits per heavy atom. The number of halogens is 1. The van der Waals surface area contributed by atoms with Crippen LogP contribution >= 0.6 is 15.9 Å². The van der Waals surface area contributed by atoms with Crippen molar-refractivity contribution in [3.8, 4) is 0 Å². The van der Waals surface area contributed by atoms with Crippen LogP contribution in [-0.4, -0.2) is 42.0 Å². The standard InChI is InChI=1S/C28H31BrN2/c29-26-13-7-12-25(18-26)27-20-30(19-22-8-3-1-4-9-22)21-28(27)31-16-14-24(15-17-31)23-10-5-2-6-11-23/h1-13,18,24,27-28H,14-17,19-21H2/t27-,28+/m0/s1. The largest absolute Gasteiger partial charge is 0.298 e. The first-order valence-electron chi connectivity index (χ1n) is 11.6. The summed E-state index contributed by atoms with van der Waals surface area (Å²) in [6.07, 6.45) is 2.54. The van der Waals surface area contributed by atoms with Crippen LogP contribution in [0.2, 0.25) is 0 Å². The van der Waals surface area contributed by atoms with Crippen LogP contribution in [0.5, 0.6) is 0 Å². The average Bonchev–Trinajstić information content (AvgIpc) is 3.24. The number of piperidine rings is 1. The molecule has 0 bridgehead atoms. The van der Waals surface area contributed by atoms with Gasteiger partial charge in [0.1, 0.15) is 0 Å². The second kappa shape index (κ2) is 9.68. The smallest absolute Gasteiger partial charge is 0.0304 e. The Labute approximate surface area is 195 Å². The van der Waals surface area contributed by atoms with E-state index in [0.29, 0.717) is 17.9 Å². The Hall–Kier alpha value is -1.94. The van der Waals surface area contributed by atoms with Gasteiger partial charge in [-0.25, -0.2) is 0 Å². The maximum absolute atomic E-state index is 3.70. The van der Waals surface area contributed by atoms with Gasteiger partial charge in [-0.3, -0.25) is 9.80 Å². The Morgan fingerprint density at radius 2 is 1.42 bits per heavy atom. The summed E-state index contributed by atoms with van der Waals surface area (Å²) in [5.74, 6) is 1.28. The predicted octanol–water partition coefficient (Wildman–Crippen LogP) is 6.30. The quantitative estimate of drug-likeness (QED) is 0.428. The molecule has 31 heavy (non-hydrogen) atoms. The summed E-state index contributed by atoms with van der Waals surface area (Å²) >= 11 is 3.70. The van der Waals surface area contributed by atoms with E-state index in [1.165, 1.54) is 47.1 Å². The molecule has 2 heterocycles. The van der Waals surface area contributed by atoms with Gasteiger partial charge in [-0.2, -0.15) is 0 Å². The number of nitrogens with zero attached hydrogens (tertiary/aromatic N) is 2. The van der Waals surface area contributed by atoms with Crippen molar-refractivity contribution < 1.29 is 0 Å². The van der Waals surface area contributed by atoms with Gasteiger partial charge in [-0.15, -0.1) is 0 Å². The molecule has 3 heteroatoms. The SMILES string of the molecule is Brc1cccc([C@@H]2CN(Cc3ccccc3)C[C@H]2N2CCC(c3ccccc3)CC2)c1. The number of hydrogen-bond donors (Lipinski definition) is 0. The molecule has 0 aromatic heterocycles. The summed E-state index contributed by atoms with van der Waals surface area (Å²) in [5.41, 5.74) is 4.40. The summed E-state index contributed by atoms with van der Waals surface area (Å²) in [4.78, 5) is 5.45. The van der Waals surface area contributed by atoms with E-state index in [1.807, 2.05) is 0 Å². The van der Waals surface area contributed by atoms with Gasteiger partial charge in [-0.1, -0.05) is 88.7 Å². The van der Waals surface area contributed by atoms with E-state index in [1.54, 1.807) is 0 Å². The first kappa shape index (κ1) is 20.9. The highest BCUT2D eigenvalue weighted by Gasteiger charge is 2.38. The lowest BCUT2D eigenvalue weighted by molar-refractivity contribution is 0.143. The summed E-state index contributed by atoms with van der Waals surface area (Å²) in [5, 5.41) is 0. The van der Waals surface area contributed by atoms with E-state index in [-0.39, 0.29) is 0 Å². The van der Waals surface area contributed by atoms with Gasteiger partial charge in [0.15, 0.2) is 0 Å². The van der Waals surface area contributed by atoms with Gasteiger partial charge in [0, 0.05) is 36.1 Å². The summed E-state index contributed by atoms with van der Waals surface area (Å²) in [6.45, 7) is 5.74. The van der Waals surface area contributed by atoms with E-state index in [4.69, 9.17) is 0 Å². The van der Waals surface area contributed by atoms with Crippen LogP contribution in [0, 0.1) is 0 Å². The zero-order chi connectivity index (χ0) is 21.0. The van der Waals surface area contributed by atoms with Crippen LogP contribution in [0.25, 0.3) is 0 Å². The van der Waals surface area contributed by atoms with Crippen molar-refractivity contribution in [1.29, 1.82) is 0 Å². The van der Waals surface area contributed by atoms with E-state index in [0.717, 1.165) is 19.6 Å². The molecular weight excluding hydrogens is 444 g/mol. The molecule has 0 aliphatic carbocycles. The Balaban J connectivity index is 1.32. The first-order chi connectivity index (χ1) is 15.3. The molecule has 2 atom stereocenters. The molecule has 0 radical (unpaired) electrons. The van der Waals surface area contributed by atoms with Crippen LogP contribution in [0.4, 0.5) is 0 Å². The minimum atomic E-state index is 0.564. The Bertz CT molecular complexity index is 967. The van der Waals surface area contributed by atoms with E-state index in [9.17, 15) is 0 Å². The van der Waals surface area contributed by atoms with Crippen LogP contribution < -0.4 is 0 Å². The highest BCUT2D eigenvalue weighted by Crippen LogP contribution is 2.36. The molecule has 0 saturated carbocycles. The molecule has 2 saturated heterocycles. The predicted molar refractivity (Wildman–Crippen MR) is 132 cm³/mol.